The maximum atomic E-state index is 6.07. The molecule has 1 heterocycles. The minimum Gasteiger partial charge on any atom is -0.370 e. The van der Waals surface area contributed by atoms with Crippen molar-refractivity contribution in [3.63, 3.8) is 0 Å². The SMILES string of the molecule is Cc1nccn1Cc1cccc(CN=C(N)Nc2cccc(C(C)C)c2)c1.I. The van der Waals surface area contributed by atoms with Gasteiger partial charge in [0.05, 0.1) is 6.54 Å². The highest BCUT2D eigenvalue weighted by atomic mass is 127. The number of nitrogens with two attached hydrogens (primary N) is 1. The Labute approximate surface area is 184 Å². The summed E-state index contributed by atoms with van der Waals surface area (Å²) in [5, 5.41) is 3.18. The standard InChI is InChI=1S/C22H27N5.HI/c1-16(2)20-8-5-9-21(13-20)26-22(23)25-14-18-6-4-7-19(12-18)15-27-11-10-24-17(27)3;/h4-13,16H,14-15H2,1-3H3,(H3,23,25,26);1H. The van der Waals surface area contributed by atoms with Crippen LogP contribution in [0.3, 0.4) is 0 Å². The summed E-state index contributed by atoms with van der Waals surface area (Å²) in [6.45, 7) is 7.71. The fourth-order valence-electron chi connectivity index (χ4n) is 2.93. The van der Waals surface area contributed by atoms with Gasteiger partial charge in [0.25, 0.3) is 0 Å². The van der Waals surface area contributed by atoms with Crippen molar-refractivity contribution in [1.29, 1.82) is 0 Å². The molecule has 0 saturated heterocycles. The molecule has 0 aliphatic rings. The van der Waals surface area contributed by atoms with Gasteiger partial charge in [0.15, 0.2) is 5.96 Å². The average molecular weight is 489 g/mol. The highest BCUT2D eigenvalue weighted by Crippen LogP contribution is 2.18. The van der Waals surface area contributed by atoms with Gasteiger partial charge in [-0.1, -0.05) is 50.2 Å². The summed E-state index contributed by atoms with van der Waals surface area (Å²) in [6, 6.07) is 16.7. The molecule has 2 aromatic carbocycles. The van der Waals surface area contributed by atoms with Crippen molar-refractivity contribution < 1.29 is 0 Å². The van der Waals surface area contributed by atoms with Gasteiger partial charge in [0.2, 0.25) is 0 Å². The summed E-state index contributed by atoms with van der Waals surface area (Å²) in [7, 11) is 0. The van der Waals surface area contributed by atoms with Gasteiger partial charge in [-0.25, -0.2) is 9.98 Å². The maximum Gasteiger partial charge on any atom is 0.193 e. The van der Waals surface area contributed by atoms with Crippen LogP contribution in [0, 0.1) is 6.92 Å². The number of benzene rings is 2. The molecule has 1 aromatic heterocycles. The van der Waals surface area contributed by atoms with Crippen molar-refractivity contribution in [2.45, 2.75) is 39.8 Å². The van der Waals surface area contributed by atoms with E-state index in [0.29, 0.717) is 18.4 Å². The molecule has 0 bridgehead atoms. The molecule has 0 unspecified atom stereocenters. The first-order chi connectivity index (χ1) is 13.0. The molecule has 0 aliphatic carbocycles. The molecule has 3 aromatic rings. The average Bonchev–Trinajstić information content (AvgIpc) is 3.05. The van der Waals surface area contributed by atoms with Crippen LogP contribution < -0.4 is 11.1 Å². The first-order valence-electron chi connectivity index (χ1n) is 9.23. The Kier molecular flexibility index (Phi) is 8.04. The van der Waals surface area contributed by atoms with Crippen LogP contribution in [-0.4, -0.2) is 15.5 Å². The lowest BCUT2D eigenvalue weighted by Gasteiger charge is -2.10. The van der Waals surface area contributed by atoms with Crippen LogP contribution >= 0.6 is 24.0 Å². The van der Waals surface area contributed by atoms with Crippen molar-refractivity contribution in [2.75, 3.05) is 5.32 Å². The molecule has 0 saturated carbocycles. The van der Waals surface area contributed by atoms with Crippen molar-refractivity contribution >= 4 is 35.6 Å². The van der Waals surface area contributed by atoms with E-state index in [1.807, 2.05) is 31.5 Å². The molecule has 3 N–H and O–H groups in total. The first-order valence-corrected chi connectivity index (χ1v) is 9.23. The van der Waals surface area contributed by atoms with E-state index in [2.05, 4.69) is 70.1 Å². The maximum absolute atomic E-state index is 6.07. The summed E-state index contributed by atoms with van der Waals surface area (Å²) in [5.74, 6) is 1.91. The summed E-state index contributed by atoms with van der Waals surface area (Å²) < 4.78 is 2.13. The third kappa shape index (κ3) is 6.09. The summed E-state index contributed by atoms with van der Waals surface area (Å²) in [5.41, 5.74) is 10.7. The lowest BCUT2D eigenvalue weighted by Crippen LogP contribution is -2.22. The van der Waals surface area contributed by atoms with Crippen LogP contribution in [0.4, 0.5) is 5.69 Å². The number of aliphatic imine (C=N–C) groups is 1. The molecule has 6 heteroatoms. The number of hydrogen-bond acceptors (Lipinski definition) is 2. The monoisotopic (exact) mass is 489 g/mol. The number of guanidine groups is 1. The van der Waals surface area contributed by atoms with Gasteiger partial charge in [0, 0.05) is 24.6 Å². The van der Waals surface area contributed by atoms with Gasteiger partial charge in [-0.15, -0.1) is 24.0 Å². The van der Waals surface area contributed by atoms with Gasteiger partial charge < -0.3 is 15.6 Å². The molecular formula is C22H28IN5. The highest BCUT2D eigenvalue weighted by molar-refractivity contribution is 14.0. The molecule has 148 valence electrons. The van der Waals surface area contributed by atoms with Crippen LogP contribution in [0.2, 0.25) is 0 Å². The predicted molar refractivity (Wildman–Crippen MR) is 127 cm³/mol. The second kappa shape index (κ2) is 10.3. The second-order valence-electron chi connectivity index (χ2n) is 7.03. The first kappa shape index (κ1) is 21.9. The Morgan fingerprint density at radius 3 is 2.61 bits per heavy atom. The Morgan fingerprint density at radius 1 is 1.14 bits per heavy atom. The van der Waals surface area contributed by atoms with Crippen LogP contribution in [0.15, 0.2) is 65.9 Å². The van der Waals surface area contributed by atoms with E-state index in [1.165, 1.54) is 11.1 Å². The summed E-state index contributed by atoms with van der Waals surface area (Å²) in [6.07, 6.45) is 3.82. The zero-order chi connectivity index (χ0) is 19.2. The molecule has 0 fully saturated rings. The number of nitrogens with one attached hydrogen (secondary N) is 1. The number of anilines is 1. The zero-order valence-corrected chi connectivity index (χ0v) is 18.9. The molecule has 0 amide bonds. The number of halogens is 1. The molecule has 0 aliphatic heterocycles. The van der Waals surface area contributed by atoms with Gasteiger partial charge in [0.1, 0.15) is 5.82 Å². The van der Waals surface area contributed by atoms with Crippen molar-refractivity contribution in [1.82, 2.24) is 9.55 Å². The van der Waals surface area contributed by atoms with Crippen LogP contribution in [-0.2, 0) is 13.1 Å². The number of nitrogens with zero attached hydrogens (tertiary/aromatic N) is 3. The molecule has 0 radical (unpaired) electrons. The lowest BCUT2D eigenvalue weighted by molar-refractivity contribution is 0.760. The quantitative estimate of drug-likeness (QED) is 0.294. The van der Waals surface area contributed by atoms with Crippen molar-refractivity contribution in [3.05, 3.63) is 83.4 Å². The van der Waals surface area contributed by atoms with Gasteiger partial charge in [-0.05, 0) is 41.7 Å². The third-order valence-electron chi connectivity index (χ3n) is 4.53. The molecule has 28 heavy (non-hydrogen) atoms. The molecule has 5 nitrogen and oxygen atoms in total. The number of rotatable bonds is 6. The normalized spacial score (nSPS) is 11.4. The minimum absolute atomic E-state index is 0. The van der Waals surface area contributed by atoms with Crippen molar-refractivity contribution in [3.8, 4) is 0 Å². The number of imidazole rings is 1. The molecule has 0 atom stereocenters. The number of aryl methyl sites for hydroxylation is 1. The van der Waals surface area contributed by atoms with E-state index in [-0.39, 0.29) is 24.0 Å². The van der Waals surface area contributed by atoms with E-state index in [9.17, 15) is 0 Å². The third-order valence-corrected chi connectivity index (χ3v) is 4.53. The van der Waals surface area contributed by atoms with Gasteiger partial charge >= 0.3 is 0 Å². The number of hydrogen-bond donors (Lipinski definition) is 2. The Morgan fingerprint density at radius 2 is 1.89 bits per heavy atom. The Balaban J connectivity index is 0.00000280. The van der Waals surface area contributed by atoms with Crippen LogP contribution in [0.5, 0.6) is 0 Å². The topological polar surface area (TPSA) is 68.2 Å². The summed E-state index contributed by atoms with van der Waals surface area (Å²) >= 11 is 0. The smallest absolute Gasteiger partial charge is 0.193 e. The number of aromatic nitrogens is 2. The molecular weight excluding hydrogens is 461 g/mol. The fraction of sp³-hybridized carbons (Fsp3) is 0.273. The fourth-order valence-corrected chi connectivity index (χ4v) is 2.93. The van der Waals surface area contributed by atoms with Crippen LogP contribution in [0.1, 0.15) is 42.3 Å². The largest absolute Gasteiger partial charge is 0.370 e. The summed E-state index contributed by atoms with van der Waals surface area (Å²) in [4.78, 5) is 8.75. The van der Waals surface area contributed by atoms with Gasteiger partial charge in [-0.2, -0.15) is 0 Å². The van der Waals surface area contributed by atoms with Gasteiger partial charge in [-0.3, -0.25) is 0 Å². The van der Waals surface area contributed by atoms with Crippen LogP contribution in [0.25, 0.3) is 0 Å². The van der Waals surface area contributed by atoms with E-state index in [0.717, 1.165) is 23.6 Å². The highest BCUT2D eigenvalue weighted by Gasteiger charge is 2.03. The van der Waals surface area contributed by atoms with Crippen molar-refractivity contribution in [2.24, 2.45) is 10.7 Å². The van der Waals surface area contributed by atoms with E-state index >= 15 is 0 Å². The second-order valence-corrected chi connectivity index (χ2v) is 7.03. The Bertz CT molecular complexity index is 930. The molecule has 3 rings (SSSR count). The van der Waals surface area contributed by atoms with E-state index < -0.39 is 0 Å². The van der Waals surface area contributed by atoms with E-state index in [1.54, 1.807) is 0 Å². The zero-order valence-electron chi connectivity index (χ0n) is 16.6. The van der Waals surface area contributed by atoms with E-state index in [4.69, 9.17) is 5.73 Å². The predicted octanol–water partition coefficient (Wildman–Crippen LogP) is 4.91. The Hall–Kier alpha value is -2.35. The molecule has 0 spiro atoms. The lowest BCUT2D eigenvalue weighted by atomic mass is 10.0. The minimum atomic E-state index is 0.